The number of nitrogens with one attached hydrogen (secondary N) is 1. The van der Waals surface area contributed by atoms with Gasteiger partial charge in [0, 0.05) is 31.1 Å². The minimum Gasteiger partial charge on any atom is -0.446 e. The van der Waals surface area contributed by atoms with Gasteiger partial charge in [0.15, 0.2) is 0 Å². The van der Waals surface area contributed by atoms with Crippen molar-refractivity contribution < 1.29 is 9.53 Å². The summed E-state index contributed by atoms with van der Waals surface area (Å²) in [7, 11) is 0. The monoisotopic (exact) mass is 418 g/mol. The molecule has 0 spiro atoms. The highest BCUT2D eigenvalue weighted by Gasteiger charge is 2.38. The molecule has 2 aliphatic rings. The van der Waals surface area contributed by atoms with Gasteiger partial charge in [0.25, 0.3) is 0 Å². The van der Waals surface area contributed by atoms with Crippen LogP contribution in [0.5, 0.6) is 0 Å². The molecular weight excluding hydrogens is 388 g/mol. The first kappa shape index (κ1) is 21.2. The van der Waals surface area contributed by atoms with Crippen molar-refractivity contribution in [1.82, 2.24) is 5.32 Å². The average Bonchev–Trinajstić information content (AvgIpc) is 2.81. The predicted molar refractivity (Wildman–Crippen MR) is 123 cm³/mol. The molecule has 0 saturated heterocycles. The Hall–Kier alpha value is -2.99. The fourth-order valence-corrected chi connectivity index (χ4v) is 4.47. The third-order valence-electron chi connectivity index (χ3n) is 6.15. The number of nitrogens with two attached hydrogens (primary N) is 1. The molecule has 162 valence electrons. The molecule has 0 radical (unpaired) electrons. The first-order chi connectivity index (χ1) is 15.2. The van der Waals surface area contributed by atoms with E-state index in [0.29, 0.717) is 13.1 Å². The Balaban J connectivity index is 1.52. The van der Waals surface area contributed by atoms with Crippen molar-refractivity contribution >= 4 is 18.0 Å². The van der Waals surface area contributed by atoms with E-state index >= 15 is 0 Å². The maximum Gasteiger partial charge on any atom is 0.407 e. The molecule has 3 atom stereocenters. The van der Waals surface area contributed by atoms with E-state index in [1.165, 1.54) is 0 Å². The minimum atomic E-state index is -0.381. The molecule has 1 amide bonds. The van der Waals surface area contributed by atoms with Crippen molar-refractivity contribution in [3.05, 3.63) is 71.3 Å². The average molecular weight is 419 g/mol. The van der Waals surface area contributed by atoms with Gasteiger partial charge in [0.2, 0.25) is 0 Å². The topological polar surface area (TPSA) is 89.1 Å². The molecule has 1 heterocycles. The molecule has 6 heteroatoms. The van der Waals surface area contributed by atoms with E-state index in [2.05, 4.69) is 15.5 Å². The molecule has 2 aromatic rings. The van der Waals surface area contributed by atoms with Crippen molar-refractivity contribution in [2.45, 2.75) is 51.3 Å². The summed E-state index contributed by atoms with van der Waals surface area (Å²) in [5.74, 6) is 0.220. The molecule has 1 fully saturated rings. The second-order valence-electron chi connectivity index (χ2n) is 8.26. The number of rotatable bonds is 5. The van der Waals surface area contributed by atoms with Gasteiger partial charge in [-0.3, -0.25) is 0 Å². The van der Waals surface area contributed by atoms with Crippen LogP contribution >= 0.6 is 0 Å². The number of alkyl carbamates (subject to hydrolysis) is 1. The van der Waals surface area contributed by atoms with E-state index < -0.39 is 0 Å². The maximum atomic E-state index is 12.7. The lowest BCUT2D eigenvalue weighted by atomic mass is 9.75. The van der Waals surface area contributed by atoms with Crippen LogP contribution in [0.4, 0.5) is 4.79 Å². The highest BCUT2D eigenvalue weighted by Crippen LogP contribution is 2.34. The number of carbonyl (C=O) groups is 1. The number of hydrogen-bond acceptors (Lipinski definition) is 5. The molecule has 0 aromatic heterocycles. The lowest BCUT2D eigenvalue weighted by Gasteiger charge is -2.35. The third-order valence-corrected chi connectivity index (χ3v) is 6.15. The van der Waals surface area contributed by atoms with Crippen LogP contribution in [-0.2, 0) is 17.8 Å². The first-order valence-electron chi connectivity index (χ1n) is 11.1. The van der Waals surface area contributed by atoms with E-state index in [9.17, 15) is 4.79 Å². The molecule has 2 aromatic carbocycles. The normalized spacial score (nSPS) is 23.1. The lowest BCUT2D eigenvalue weighted by Crippen LogP contribution is -2.42. The summed E-state index contributed by atoms with van der Waals surface area (Å²) in [4.78, 5) is 12.7. The molecular formula is C25H30N4O2. The summed E-state index contributed by atoms with van der Waals surface area (Å²) in [6.07, 6.45) is 6.50. The highest BCUT2D eigenvalue weighted by atomic mass is 16.6. The molecule has 1 aliphatic carbocycles. The van der Waals surface area contributed by atoms with Gasteiger partial charge in [-0.15, -0.1) is 0 Å². The molecule has 6 nitrogen and oxygen atoms in total. The Bertz CT molecular complexity index is 924. The standard InChI is InChI=1S/C25H30N4O2/c26-15-18-11-13-20(14-12-18)24-23-21(17-28-29-24)9-5-2-6-10-22(23)31-25(30)27-16-19-7-3-1-4-8-19/h1,3-4,7-8,11-14,17,21-23H,2,5-6,9-10,15-16,26H2,(H,27,30). The smallest absolute Gasteiger partial charge is 0.407 e. The van der Waals surface area contributed by atoms with E-state index in [4.69, 9.17) is 10.5 Å². The Morgan fingerprint density at radius 1 is 1.00 bits per heavy atom. The van der Waals surface area contributed by atoms with Crippen molar-refractivity contribution in [2.24, 2.45) is 27.8 Å². The minimum absolute atomic E-state index is 0.00371. The Morgan fingerprint density at radius 2 is 1.77 bits per heavy atom. The van der Waals surface area contributed by atoms with Crippen LogP contribution in [0.25, 0.3) is 0 Å². The van der Waals surface area contributed by atoms with Crippen LogP contribution in [0.3, 0.4) is 0 Å². The zero-order valence-corrected chi connectivity index (χ0v) is 17.7. The molecule has 31 heavy (non-hydrogen) atoms. The van der Waals surface area contributed by atoms with Crippen molar-refractivity contribution in [3.8, 4) is 0 Å². The largest absolute Gasteiger partial charge is 0.446 e. The van der Waals surface area contributed by atoms with E-state index in [-0.39, 0.29) is 24.0 Å². The molecule has 4 rings (SSSR count). The summed E-state index contributed by atoms with van der Waals surface area (Å²) < 4.78 is 6.00. The molecule has 3 N–H and O–H groups in total. The van der Waals surface area contributed by atoms with Crippen LogP contribution in [-0.4, -0.2) is 24.1 Å². The summed E-state index contributed by atoms with van der Waals surface area (Å²) >= 11 is 0. The number of carbonyl (C=O) groups excluding carboxylic acids is 1. The van der Waals surface area contributed by atoms with Crippen molar-refractivity contribution in [1.29, 1.82) is 0 Å². The summed E-state index contributed by atoms with van der Waals surface area (Å²) in [6.45, 7) is 0.952. The zero-order chi connectivity index (χ0) is 21.5. The van der Waals surface area contributed by atoms with Crippen LogP contribution in [0, 0.1) is 11.8 Å². The van der Waals surface area contributed by atoms with Gasteiger partial charge in [0.05, 0.1) is 5.71 Å². The van der Waals surface area contributed by atoms with Gasteiger partial charge in [0.1, 0.15) is 6.10 Å². The van der Waals surface area contributed by atoms with Crippen LogP contribution in [0.1, 0.15) is 48.8 Å². The van der Waals surface area contributed by atoms with Crippen LogP contribution < -0.4 is 11.1 Å². The zero-order valence-electron chi connectivity index (χ0n) is 17.7. The summed E-state index contributed by atoms with van der Waals surface area (Å²) in [6, 6.07) is 18.0. The lowest BCUT2D eigenvalue weighted by molar-refractivity contribution is 0.0582. The number of fused-ring (bicyclic) bond motifs is 1. The van der Waals surface area contributed by atoms with E-state index in [1.807, 2.05) is 60.8 Å². The third kappa shape index (κ3) is 5.39. The number of nitrogens with zero attached hydrogens (tertiary/aromatic N) is 2. The van der Waals surface area contributed by atoms with Crippen molar-refractivity contribution in [3.63, 3.8) is 0 Å². The van der Waals surface area contributed by atoms with E-state index in [0.717, 1.165) is 54.5 Å². The Labute approximate surface area is 183 Å². The molecule has 0 bridgehead atoms. The maximum absolute atomic E-state index is 12.7. The quantitative estimate of drug-likeness (QED) is 0.753. The van der Waals surface area contributed by atoms with Gasteiger partial charge < -0.3 is 15.8 Å². The number of amides is 1. The number of benzene rings is 2. The highest BCUT2D eigenvalue weighted by molar-refractivity contribution is 6.05. The fraction of sp³-hybridized carbons (Fsp3) is 0.400. The van der Waals surface area contributed by atoms with Gasteiger partial charge in [-0.05, 0) is 36.0 Å². The first-order valence-corrected chi connectivity index (χ1v) is 11.1. The second-order valence-corrected chi connectivity index (χ2v) is 8.26. The molecule has 1 saturated carbocycles. The van der Waals surface area contributed by atoms with Crippen LogP contribution in [0.15, 0.2) is 64.8 Å². The Morgan fingerprint density at radius 3 is 2.55 bits per heavy atom. The molecule has 3 unspecified atom stereocenters. The van der Waals surface area contributed by atoms with Gasteiger partial charge >= 0.3 is 6.09 Å². The van der Waals surface area contributed by atoms with Crippen molar-refractivity contribution in [2.75, 3.05) is 0 Å². The van der Waals surface area contributed by atoms with E-state index in [1.54, 1.807) is 0 Å². The van der Waals surface area contributed by atoms with Gasteiger partial charge in [-0.25, -0.2) is 4.79 Å². The number of hydrogen-bond donors (Lipinski definition) is 2. The Kier molecular flexibility index (Phi) is 7.10. The summed E-state index contributed by atoms with van der Waals surface area (Å²) in [5.41, 5.74) is 9.79. The number of ether oxygens (including phenoxy) is 1. The molecule has 1 aliphatic heterocycles. The van der Waals surface area contributed by atoms with Gasteiger partial charge in [-0.2, -0.15) is 10.2 Å². The second kappa shape index (κ2) is 10.4. The van der Waals surface area contributed by atoms with Gasteiger partial charge in [-0.1, -0.05) is 67.4 Å². The fourth-order valence-electron chi connectivity index (χ4n) is 4.47. The van der Waals surface area contributed by atoms with Crippen LogP contribution in [0.2, 0.25) is 0 Å². The summed E-state index contributed by atoms with van der Waals surface area (Å²) in [5, 5.41) is 11.7. The predicted octanol–water partition coefficient (Wildman–Crippen LogP) is 4.43. The SMILES string of the molecule is NCc1ccc(C2=NN=CC3CCCCCC(OC(=O)NCc4ccccc4)C23)cc1.